The summed E-state index contributed by atoms with van der Waals surface area (Å²) in [5, 5.41) is -0.129. The van der Waals surface area contributed by atoms with Crippen LogP contribution in [0.2, 0.25) is 0 Å². The van der Waals surface area contributed by atoms with Gasteiger partial charge in [0.05, 0.1) is 5.38 Å². The third-order valence-electron chi connectivity index (χ3n) is 1.29. The first kappa shape index (κ1) is 9.69. The summed E-state index contributed by atoms with van der Waals surface area (Å²) in [4.78, 5) is 0. The molecule has 1 aromatic carbocycles. The van der Waals surface area contributed by atoms with Gasteiger partial charge in [-0.2, -0.15) is 0 Å². The van der Waals surface area contributed by atoms with Crippen LogP contribution in [0, 0.1) is 6.07 Å². The fourth-order valence-corrected chi connectivity index (χ4v) is 0.851. The van der Waals surface area contributed by atoms with Gasteiger partial charge >= 0.3 is 0 Å². The van der Waals surface area contributed by atoms with Gasteiger partial charge in [0.2, 0.25) is 0 Å². The molecule has 1 rings (SSSR count). The third kappa shape index (κ3) is 3.33. The zero-order chi connectivity index (χ0) is 8.81. The van der Waals surface area contributed by atoms with Gasteiger partial charge in [0.15, 0.2) is 0 Å². The van der Waals surface area contributed by atoms with Crippen LogP contribution < -0.4 is 4.74 Å². The molecule has 65 valence electrons. The molecule has 3 heteroatoms. The Morgan fingerprint density at radius 1 is 1.42 bits per heavy atom. The van der Waals surface area contributed by atoms with Crippen LogP contribution in [-0.2, 0) is 0 Å². The minimum absolute atomic E-state index is 0.129. The second-order valence-electron chi connectivity index (χ2n) is 2.30. The molecule has 1 aromatic rings. The first-order chi connectivity index (χ1) is 5.83. The maximum Gasteiger partial charge on any atom is 0.119 e. The van der Waals surface area contributed by atoms with Crippen molar-refractivity contribution in [2.75, 3.05) is 12.5 Å². The summed E-state index contributed by atoms with van der Waals surface area (Å²) in [6, 6.07) is 10.1. The Morgan fingerprint density at radius 2 is 2.08 bits per heavy atom. The van der Waals surface area contributed by atoms with Crippen molar-refractivity contribution in [3.05, 3.63) is 30.3 Å². The molecule has 0 amide bonds. The molecule has 0 bridgehead atoms. The van der Waals surface area contributed by atoms with Gasteiger partial charge in [-0.3, -0.25) is 0 Å². The van der Waals surface area contributed by atoms with E-state index in [9.17, 15) is 0 Å². The molecule has 0 aliphatic rings. The molecule has 1 nitrogen and oxygen atoms in total. The lowest BCUT2D eigenvalue weighted by molar-refractivity contribution is 0.321. The van der Waals surface area contributed by atoms with Crippen molar-refractivity contribution in [1.82, 2.24) is 0 Å². The van der Waals surface area contributed by atoms with Crippen LogP contribution in [0.1, 0.15) is 0 Å². The third-order valence-corrected chi connectivity index (χ3v) is 2.10. The number of rotatable bonds is 4. The van der Waals surface area contributed by atoms with Crippen molar-refractivity contribution < 1.29 is 4.74 Å². The minimum Gasteiger partial charge on any atom is -0.492 e. The van der Waals surface area contributed by atoms with Gasteiger partial charge in [-0.15, -0.1) is 23.2 Å². The zero-order valence-corrected chi connectivity index (χ0v) is 7.98. The van der Waals surface area contributed by atoms with Gasteiger partial charge in [-0.25, -0.2) is 0 Å². The quantitative estimate of drug-likeness (QED) is 0.685. The largest absolute Gasteiger partial charge is 0.492 e. The summed E-state index contributed by atoms with van der Waals surface area (Å²) in [5.41, 5.74) is 0. The predicted molar refractivity (Wildman–Crippen MR) is 51.1 cm³/mol. The maximum absolute atomic E-state index is 5.75. The highest BCUT2D eigenvalue weighted by molar-refractivity contribution is 6.28. The predicted octanol–water partition coefficient (Wildman–Crippen LogP) is 2.71. The van der Waals surface area contributed by atoms with Gasteiger partial charge in [0.25, 0.3) is 0 Å². The SMILES string of the molecule is ClCC(Cl)COc1cc[c]cc1. The van der Waals surface area contributed by atoms with Crippen LogP contribution in [0.3, 0.4) is 0 Å². The van der Waals surface area contributed by atoms with E-state index in [1.807, 2.05) is 12.1 Å². The van der Waals surface area contributed by atoms with Crippen molar-refractivity contribution in [2.45, 2.75) is 5.38 Å². The molecule has 1 radical (unpaired) electrons. The lowest BCUT2D eigenvalue weighted by Crippen LogP contribution is -2.12. The molecular weight excluding hydrogens is 195 g/mol. The zero-order valence-electron chi connectivity index (χ0n) is 6.47. The van der Waals surface area contributed by atoms with Crippen LogP contribution in [-0.4, -0.2) is 17.9 Å². The Bertz CT molecular complexity index is 213. The Hall–Kier alpha value is -0.400. The van der Waals surface area contributed by atoms with Gasteiger partial charge in [-0.1, -0.05) is 12.1 Å². The van der Waals surface area contributed by atoms with E-state index in [0.717, 1.165) is 5.75 Å². The molecule has 0 saturated heterocycles. The summed E-state index contributed by atoms with van der Waals surface area (Å²) >= 11 is 11.3. The summed E-state index contributed by atoms with van der Waals surface area (Å²) in [5.74, 6) is 1.20. The molecule has 0 heterocycles. The van der Waals surface area contributed by atoms with Crippen LogP contribution >= 0.6 is 23.2 Å². The second-order valence-corrected chi connectivity index (χ2v) is 3.22. The highest BCUT2D eigenvalue weighted by atomic mass is 35.5. The fourth-order valence-electron chi connectivity index (χ4n) is 0.699. The van der Waals surface area contributed by atoms with E-state index in [1.165, 1.54) is 0 Å². The molecule has 1 atom stereocenters. The number of ether oxygens (including phenoxy) is 1. The summed E-state index contributed by atoms with van der Waals surface area (Å²) in [6.07, 6.45) is 0. The molecule has 1 unspecified atom stereocenters. The van der Waals surface area contributed by atoms with Crippen LogP contribution in [0.4, 0.5) is 0 Å². The maximum atomic E-state index is 5.75. The van der Waals surface area contributed by atoms with E-state index in [-0.39, 0.29) is 5.38 Å². The number of alkyl halides is 2. The highest BCUT2D eigenvalue weighted by Gasteiger charge is 2.02. The van der Waals surface area contributed by atoms with Gasteiger partial charge in [0, 0.05) is 5.88 Å². The standard InChI is InChI=1S/C9H9Cl2O/c10-6-8(11)7-12-9-4-2-1-3-5-9/h2-5,8H,6-7H2. The average Bonchev–Trinajstić information content (AvgIpc) is 2.16. The van der Waals surface area contributed by atoms with E-state index >= 15 is 0 Å². The Balaban J connectivity index is 2.33. The lowest BCUT2D eigenvalue weighted by Gasteiger charge is -2.07. The summed E-state index contributed by atoms with van der Waals surface area (Å²) < 4.78 is 5.32. The number of benzene rings is 1. The summed E-state index contributed by atoms with van der Waals surface area (Å²) in [6.45, 7) is 0.440. The molecular formula is C9H9Cl2O. The Kier molecular flexibility index (Phi) is 4.26. The van der Waals surface area contributed by atoms with Gasteiger partial charge in [-0.05, 0) is 18.2 Å². The smallest absolute Gasteiger partial charge is 0.119 e. The van der Waals surface area contributed by atoms with E-state index in [2.05, 4.69) is 6.07 Å². The molecule has 0 aliphatic carbocycles. The van der Waals surface area contributed by atoms with E-state index < -0.39 is 0 Å². The van der Waals surface area contributed by atoms with Gasteiger partial charge < -0.3 is 4.74 Å². The van der Waals surface area contributed by atoms with Crippen LogP contribution in [0.25, 0.3) is 0 Å². The molecule has 0 aliphatic heterocycles. The van der Waals surface area contributed by atoms with Crippen LogP contribution in [0.5, 0.6) is 5.75 Å². The molecule has 0 aromatic heterocycles. The van der Waals surface area contributed by atoms with Crippen molar-refractivity contribution in [3.63, 3.8) is 0 Å². The van der Waals surface area contributed by atoms with E-state index in [4.69, 9.17) is 27.9 Å². The Morgan fingerprint density at radius 3 is 2.67 bits per heavy atom. The van der Waals surface area contributed by atoms with Gasteiger partial charge in [0.1, 0.15) is 12.4 Å². The van der Waals surface area contributed by atoms with Crippen molar-refractivity contribution in [2.24, 2.45) is 0 Å². The first-order valence-corrected chi connectivity index (χ1v) is 4.59. The monoisotopic (exact) mass is 203 g/mol. The molecule has 0 saturated carbocycles. The summed E-state index contributed by atoms with van der Waals surface area (Å²) in [7, 11) is 0. The topological polar surface area (TPSA) is 9.23 Å². The number of halogens is 2. The fraction of sp³-hybridized carbons (Fsp3) is 0.333. The second kappa shape index (κ2) is 5.28. The van der Waals surface area contributed by atoms with Crippen LogP contribution in [0.15, 0.2) is 24.3 Å². The van der Waals surface area contributed by atoms with Crippen molar-refractivity contribution in [1.29, 1.82) is 0 Å². The molecule has 0 spiro atoms. The molecule has 0 fully saturated rings. The molecule has 0 N–H and O–H groups in total. The number of hydrogen-bond acceptors (Lipinski definition) is 1. The van der Waals surface area contributed by atoms with E-state index in [1.54, 1.807) is 12.1 Å². The van der Waals surface area contributed by atoms with Crippen molar-refractivity contribution >= 4 is 23.2 Å². The Labute approximate surface area is 82.2 Å². The molecule has 12 heavy (non-hydrogen) atoms. The average molecular weight is 204 g/mol. The minimum atomic E-state index is -0.129. The lowest BCUT2D eigenvalue weighted by atomic mass is 10.3. The highest BCUT2D eigenvalue weighted by Crippen LogP contribution is 2.09. The number of hydrogen-bond donors (Lipinski definition) is 0. The first-order valence-electron chi connectivity index (χ1n) is 3.62. The normalized spacial score (nSPS) is 12.5. The van der Waals surface area contributed by atoms with E-state index in [0.29, 0.717) is 12.5 Å². The van der Waals surface area contributed by atoms with Crippen molar-refractivity contribution in [3.8, 4) is 5.75 Å².